The summed E-state index contributed by atoms with van der Waals surface area (Å²) in [5.41, 5.74) is 31.3. The number of rotatable bonds is 18. The minimum Gasteiger partial charge on any atom is -0.348 e. The summed E-state index contributed by atoms with van der Waals surface area (Å²) >= 11 is 0. The summed E-state index contributed by atoms with van der Waals surface area (Å²) in [6, 6.07) is 35.8. The van der Waals surface area contributed by atoms with Gasteiger partial charge in [-0.15, -0.1) is 0 Å². The van der Waals surface area contributed by atoms with E-state index in [2.05, 4.69) is 20.6 Å². The van der Waals surface area contributed by atoms with Crippen LogP contribution in [0.4, 0.5) is 17.6 Å². The molecule has 6 aromatic carbocycles. The Labute approximate surface area is 391 Å². The number of hydrogen-bond donors (Lipinski definition) is 7. The topological polar surface area (TPSA) is 200 Å². The number of halogens is 4. The fraction of sp³-hybridized carbons (Fsp3) is 0.231. The summed E-state index contributed by atoms with van der Waals surface area (Å²) in [4.78, 5) is 34.0. The molecule has 0 saturated heterocycles. The molecule has 8 aromatic rings. The van der Waals surface area contributed by atoms with Crippen LogP contribution in [0, 0.1) is 23.3 Å². The van der Waals surface area contributed by atoms with E-state index in [-0.39, 0.29) is 53.0 Å². The molecule has 352 valence electrons. The van der Waals surface area contributed by atoms with Crippen LogP contribution in [0.3, 0.4) is 0 Å². The van der Waals surface area contributed by atoms with E-state index >= 15 is 0 Å². The smallest absolute Gasteiger partial charge is 0.346 e. The molecule has 0 radical (unpaired) electrons. The monoisotopic (exact) mass is 927 g/mol. The molecule has 0 aliphatic rings. The zero-order valence-electron chi connectivity index (χ0n) is 37.4. The highest BCUT2D eigenvalue weighted by Gasteiger charge is 2.26. The van der Waals surface area contributed by atoms with Crippen LogP contribution in [0.1, 0.15) is 58.0 Å². The van der Waals surface area contributed by atoms with Gasteiger partial charge in [0.2, 0.25) is 0 Å². The van der Waals surface area contributed by atoms with Crippen molar-refractivity contribution in [2.75, 3.05) is 26.2 Å². The van der Waals surface area contributed by atoms with E-state index in [0.717, 1.165) is 69.2 Å². The first kappa shape index (κ1) is 48.7. The minimum atomic E-state index is -0.343. The average molecular weight is 928 g/mol. The van der Waals surface area contributed by atoms with Crippen molar-refractivity contribution in [3.8, 4) is 22.3 Å². The van der Waals surface area contributed by atoms with Gasteiger partial charge in [0.15, 0.2) is 16.9 Å². The average Bonchev–Trinajstić information content (AvgIpc) is 3.90. The number of imidazole rings is 2. The summed E-state index contributed by atoms with van der Waals surface area (Å²) in [6.07, 6.45) is 3.01. The number of nitrogens with two attached hydrogens (primary N) is 4. The van der Waals surface area contributed by atoms with Gasteiger partial charge in [-0.1, -0.05) is 54.6 Å². The number of hydrogen-bond acceptors (Lipinski definition) is 7. The van der Waals surface area contributed by atoms with Crippen molar-refractivity contribution in [3.63, 3.8) is 0 Å². The summed E-state index contributed by atoms with van der Waals surface area (Å²) < 4.78 is 57.2. The number of aromatic amines is 1. The third kappa shape index (κ3) is 12.6. The fourth-order valence-electron chi connectivity index (χ4n) is 7.75. The highest BCUT2D eigenvalue weighted by Crippen LogP contribution is 2.27. The molecular weight excluding hydrogens is 873 g/mol. The van der Waals surface area contributed by atoms with E-state index in [1.165, 1.54) is 48.5 Å². The van der Waals surface area contributed by atoms with E-state index in [0.29, 0.717) is 57.0 Å². The second kappa shape index (κ2) is 23.0. The Bertz CT molecular complexity index is 2910. The van der Waals surface area contributed by atoms with Crippen molar-refractivity contribution in [2.45, 2.75) is 50.9 Å². The van der Waals surface area contributed by atoms with Crippen molar-refractivity contribution < 1.29 is 31.7 Å². The van der Waals surface area contributed by atoms with Gasteiger partial charge in [-0.05, 0) is 151 Å². The zero-order chi connectivity index (χ0) is 48.2. The van der Waals surface area contributed by atoms with E-state index < -0.39 is 0 Å². The number of nitrogens with zero attached hydrogens (tertiary/aromatic N) is 3. The Morgan fingerprint density at radius 3 is 1.62 bits per heavy atom. The van der Waals surface area contributed by atoms with Gasteiger partial charge in [-0.2, -0.15) is 0 Å². The lowest BCUT2D eigenvalue weighted by molar-refractivity contribution is -0.664. The molecule has 8 rings (SSSR count). The Kier molecular flexibility index (Phi) is 16.5. The van der Waals surface area contributed by atoms with Crippen LogP contribution < -0.4 is 38.1 Å². The number of carbonyl (C=O) groups excluding carboxylic acids is 2. The number of fused-ring (bicyclic) bond motifs is 2. The molecule has 0 fully saturated rings. The van der Waals surface area contributed by atoms with Crippen molar-refractivity contribution >= 4 is 33.9 Å². The molecule has 0 aliphatic carbocycles. The van der Waals surface area contributed by atoms with E-state index in [9.17, 15) is 27.2 Å². The lowest BCUT2D eigenvalue weighted by atomic mass is 10.1. The van der Waals surface area contributed by atoms with Crippen LogP contribution >= 0.6 is 0 Å². The molecule has 0 bridgehead atoms. The van der Waals surface area contributed by atoms with Crippen LogP contribution in [0.25, 0.3) is 44.3 Å². The van der Waals surface area contributed by atoms with Crippen molar-refractivity contribution in [2.24, 2.45) is 22.9 Å². The number of aromatic nitrogens is 4. The maximum atomic E-state index is 13.4. The maximum Gasteiger partial charge on any atom is 0.346 e. The second-order valence-corrected chi connectivity index (χ2v) is 16.6. The quantitative estimate of drug-likeness (QED) is 0.0353. The zero-order valence-corrected chi connectivity index (χ0v) is 37.4. The van der Waals surface area contributed by atoms with Gasteiger partial charge >= 0.3 is 11.7 Å². The van der Waals surface area contributed by atoms with Crippen LogP contribution in [-0.2, 0) is 13.1 Å². The van der Waals surface area contributed by atoms with Gasteiger partial charge in [0.25, 0.3) is 5.91 Å². The Morgan fingerprint density at radius 1 is 0.603 bits per heavy atom. The molecule has 12 nitrogen and oxygen atoms in total. The Morgan fingerprint density at radius 2 is 1.07 bits per heavy atom. The molecule has 0 spiro atoms. The molecule has 16 heteroatoms. The van der Waals surface area contributed by atoms with Crippen LogP contribution in [0.2, 0.25) is 0 Å². The molecular formula is C52H55F4N10O2+. The summed E-state index contributed by atoms with van der Waals surface area (Å²) in [7, 11) is 0. The van der Waals surface area contributed by atoms with Crippen molar-refractivity contribution in [3.05, 3.63) is 180 Å². The highest BCUT2D eigenvalue weighted by atomic mass is 19.1. The maximum absolute atomic E-state index is 13.4. The predicted octanol–water partition coefficient (Wildman–Crippen LogP) is 7.07. The normalized spacial score (nSPS) is 12.1. The molecule has 2 amide bonds. The van der Waals surface area contributed by atoms with Crippen molar-refractivity contribution in [1.29, 1.82) is 0 Å². The molecule has 68 heavy (non-hydrogen) atoms. The lowest BCUT2D eigenvalue weighted by Gasteiger charge is -2.13. The summed E-state index contributed by atoms with van der Waals surface area (Å²) in [6.45, 7) is 2.43. The molecule has 0 saturated carbocycles. The predicted molar refractivity (Wildman–Crippen MR) is 257 cm³/mol. The van der Waals surface area contributed by atoms with Crippen LogP contribution in [-0.4, -0.2) is 64.6 Å². The second-order valence-electron chi connectivity index (χ2n) is 16.6. The molecule has 11 N–H and O–H groups in total. The van der Waals surface area contributed by atoms with Gasteiger partial charge < -0.3 is 38.1 Å². The van der Waals surface area contributed by atoms with E-state index in [1.54, 1.807) is 53.1 Å². The number of H-pyrrole nitrogens is 1. The number of benzene rings is 6. The first-order valence-electron chi connectivity index (χ1n) is 22.4. The molecule has 0 unspecified atom stereocenters. The van der Waals surface area contributed by atoms with Crippen LogP contribution in [0.5, 0.6) is 0 Å². The fourth-order valence-corrected chi connectivity index (χ4v) is 7.75. The number of nitrogens with one attached hydrogen (secondary N) is 3. The van der Waals surface area contributed by atoms with Crippen molar-refractivity contribution in [1.82, 2.24) is 25.2 Å². The molecule has 2 atom stereocenters. The van der Waals surface area contributed by atoms with E-state index in [4.69, 9.17) is 22.9 Å². The first-order valence-corrected chi connectivity index (χ1v) is 22.4. The lowest BCUT2D eigenvalue weighted by Crippen LogP contribution is -2.45. The third-order valence-electron chi connectivity index (χ3n) is 11.4. The van der Waals surface area contributed by atoms with E-state index in [1.807, 2.05) is 41.0 Å². The molecule has 0 aliphatic heterocycles. The summed E-state index contributed by atoms with van der Waals surface area (Å²) in [5, 5.41) is 5.76. The first-order chi connectivity index (χ1) is 32.9. The third-order valence-corrected chi connectivity index (χ3v) is 11.4. The standard InChI is InChI=1S/2C26H27F2N5O/c27-20-8-3-17(4-9-20)16-33-24-12-7-19(18-5-10-21(28)11-6-18)14-23(24)32-25(33)26(34)31-15-22(30)2-1-13-29;27-20-8-3-17(4-9-20)16-33-24-14-19(18-5-10-21(28)11-6-18)7-12-23(24)32-25(33)26(34)31-15-22(30)2-1-13-29/h2*3-12,14,22H,1-2,13,15-16,29-30H2,(H,31,34)/p+1/t2*22-/m00/s1. The van der Waals surface area contributed by atoms with Gasteiger partial charge in [0.1, 0.15) is 29.8 Å². The number of amides is 2. The molecule has 2 aromatic heterocycles. The minimum absolute atomic E-state index is 0.187. The largest absolute Gasteiger partial charge is 0.348 e. The Balaban J connectivity index is 0.000000201. The molecule has 2 heterocycles. The SMILES string of the molecule is NCCC[C@H](N)CNC(=O)c1[nH]c2cc(-c3ccc(F)cc3)ccc2[n+]1Cc1ccc(F)cc1.NCCC[C@H](N)CNC(=O)c1nc2ccc(-c3ccc(F)cc3)cc2n1Cc1ccc(F)cc1. The van der Waals surface area contributed by atoms with Crippen LogP contribution in [0.15, 0.2) is 133 Å². The van der Waals surface area contributed by atoms with Gasteiger partial charge in [-0.3, -0.25) is 9.59 Å². The van der Waals surface area contributed by atoms with Gasteiger partial charge in [-0.25, -0.2) is 32.1 Å². The Hall–Kier alpha value is -7.24. The number of carbonyl (C=O) groups is 2. The highest BCUT2D eigenvalue weighted by molar-refractivity contribution is 5.96. The summed E-state index contributed by atoms with van der Waals surface area (Å²) in [5.74, 6) is -1.29. The van der Waals surface area contributed by atoms with Gasteiger partial charge in [0.05, 0.1) is 11.0 Å². The van der Waals surface area contributed by atoms with Gasteiger partial charge in [0, 0.05) is 31.7 Å².